The molecule has 0 aromatic heterocycles. The highest BCUT2D eigenvalue weighted by molar-refractivity contribution is 5.26. The Morgan fingerprint density at radius 3 is 2.88 bits per heavy atom. The molecule has 2 nitrogen and oxygen atoms in total. The van der Waals surface area contributed by atoms with Gasteiger partial charge in [-0.25, -0.2) is 4.39 Å². The van der Waals surface area contributed by atoms with Crippen LogP contribution in [-0.2, 0) is 6.42 Å². The first-order valence-electron chi connectivity index (χ1n) is 5.49. The van der Waals surface area contributed by atoms with Crippen LogP contribution in [0.3, 0.4) is 0 Å². The van der Waals surface area contributed by atoms with Crippen LogP contribution in [0.1, 0.15) is 24.5 Å². The fraction of sp³-hybridized carbons (Fsp3) is 0.462. The maximum Gasteiger partial charge on any atom is 0.123 e. The molecule has 86 valence electrons. The number of nitriles is 1. The van der Waals surface area contributed by atoms with E-state index >= 15 is 0 Å². The molecule has 16 heavy (non-hydrogen) atoms. The van der Waals surface area contributed by atoms with Crippen LogP contribution in [-0.4, -0.2) is 12.6 Å². The van der Waals surface area contributed by atoms with E-state index in [1.807, 2.05) is 19.9 Å². The predicted octanol–water partition coefficient (Wildman–Crippen LogP) is 2.57. The highest BCUT2D eigenvalue weighted by atomic mass is 19.1. The van der Waals surface area contributed by atoms with Gasteiger partial charge in [-0.05, 0) is 50.1 Å². The van der Waals surface area contributed by atoms with E-state index in [2.05, 4.69) is 11.4 Å². The zero-order valence-electron chi connectivity index (χ0n) is 9.76. The normalized spacial score (nSPS) is 12.1. The van der Waals surface area contributed by atoms with Crippen molar-refractivity contribution in [2.75, 3.05) is 6.54 Å². The van der Waals surface area contributed by atoms with Crippen molar-refractivity contribution >= 4 is 0 Å². The molecule has 1 aromatic carbocycles. The van der Waals surface area contributed by atoms with Crippen LogP contribution in [0.5, 0.6) is 0 Å². The summed E-state index contributed by atoms with van der Waals surface area (Å²) in [6, 6.07) is 7.19. The smallest absolute Gasteiger partial charge is 0.123 e. The quantitative estimate of drug-likeness (QED) is 0.827. The Balaban J connectivity index is 2.41. The molecule has 1 unspecified atom stereocenters. The van der Waals surface area contributed by atoms with Gasteiger partial charge >= 0.3 is 0 Å². The molecule has 1 atom stereocenters. The van der Waals surface area contributed by atoms with Gasteiger partial charge < -0.3 is 5.32 Å². The lowest BCUT2D eigenvalue weighted by atomic mass is 10.1. The van der Waals surface area contributed by atoms with Crippen molar-refractivity contribution in [3.05, 3.63) is 35.1 Å². The SMILES string of the molecule is Cc1cc(F)ccc1CCNC(C)CC#N. The van der Waals surface area contributed by atoms with Crippen LogP contribution in [0.25, 0.3) is 0 Å². The monoisotopic (exact) mass is 220 g/mol. The number of halogens is 1. The van der Waals surface area contributed by atoms with Crippen LogP contribution < -0.4 is 5.32 Å². The maximum atomic E-state index is 12.8. The van der Waals surface area contributed by atoms with E-state index in [1.165, 1.54) is 6.07 Å². The van der Waals surface area contributed by atoms with Gasteiger partial charge in [0, 0.05) is 6.04 Å². The van der Waals surface area contributed by atoms with Crippen LogP contribution in [0.4, 0.5) is 4.39 Å². The van der Waals surface area contributed by atoms with Gasteiger partial charge in [-0.2, -0.15) is 5.26 Å². The zero-order valence-corrected chi connectivity index (χ0v) is 9.76. The van der Waals surface area contributed by atoms with Crippen molar-refractivity contribution in [3.8, 4) is 6.07 Å². The zero-order chi connectivity index (χ0) is 12.0. The molecule has 3 heteroatoms. The molecular weight excluding hydrogens is 203 g/mol. The lowest BCUT2D eigenvalue weighted by Gasteiger charge is -2.11. The number of rotatable bonds is 5. The van der Waals surface area contributed by atoms with Gasteiger partial charge in [-0.15, -0.1) is 0 Å². The second kappa shape index (κ2) is 6.24. The summed E-state index contributed by atoms with van der Waals surface area (Å²) in [4.78, 5) is 0. The summed E-state index contributed by atoms with van der Waals surface area (Å²) in [6.07, 6.45) is 1.38. The molecule has 1 aromatic rings. The number of hydrogen-bond donors (Lipinski definition) is 1. The standard InChI is InChI=1S/C13H17FN2/c1-10-9-13(14)4-3-12(10)6-8-16-11(2)5-7-15/h3-4,9,11,16H,5-6,8H2,1-2H3. The van der Waals surface area contributed by atoms with E-state index in [9.17, 15) is 4.39 Å². The van der Waals surface area contributed by atoms with Gasteiger partial charge in [0.2, 0.25) is 0 Å². The second-order valence-corrected chi connectivity index (χ2v) is 4.04. The largest absolute Gasteiger partial charge is 0.313 e. The minimum absolute atomic E-state index is 0.188. The number of hydrogen-bond acceptors (Lipinski definition) is 2. The van der Waals surface area contributed by atoms with Gasteiger partial charge in [0.05, 0.1) is 12.5 Å². The van der Waals surface area contributed by atoms with Crippen molar-refractivity contribution < 1.29 is 4.39 Å². The van der Waals surface area contributed by atoms with Crippen LogP contribution >= 0.6 is 0 Å². The molecule has 0 saturated heterocycles. The molecule has 1 rings (SSSR count). The van der Waals surface area contributed by atoms with E-state index in [1.54, 1.807) is 6.07 Å². The molecule has 0 aliphatic carbocycles. The van der Waals surface area contributed by atoms with Gasteiger partial charge in [0.15, 0.2) is 0 Å². The van der Waals surface area contributed by atoms with E-state index in [0.29, 0.717) is 6.42 Å². The van der Waals surface area contributed by atoms with Gasteiger partial charge in [0.25, 0.3) is 0 Å². The fourth-order valence-electron chi connectivity index (χ4n) is 1.60. The van der Waals surface area contributed by atoms with Gasteiger partial charge in [-0.3, -0.25) is 0 Å². The fourth-order valence-corrected chi connectivity index (χ4v) is 1.60. The molecule has 0 fully saturated rings. The lowest BCUT2D eigenvalue weighted by Crippen LogP contribution is -2.27. The molecular formula is C13H17FN2. The number of nitrogens with zero attached hydrogens (tertiary/aromatic N) is 1. The van der Waals surface area contributed by atoms with Gasteiger partial charge in [-0.1, -0.05) is 6.07 Å². The molecule has 0 aliphatic rings. The highest BCUT2D eigenvalue weighted by Crippen LogP contribution is 2.10. The average Bonchev–Trinajstić information content (AvgIpc) is 2.22. The first kappa shape index (κ1) is 12.7. The number of benzene rings is 1. The van der Waals surface area contributed by atoms with Crippen LogP contribution in [0, 0.1) is 24.1 Å². The maximum absolute atomic E-state index is 12.8. The second-order valence-electron chi connectivity index (χ2n) is 4.04. The minimum atomic E-state index is -0.188. The van der Waals surface area contributed by atoms with Crippen molar-refractivity contribution in [1.82, 2.24) is 5.32 Å². The predicted molar refractivity (Wildman–Crippen MR) is 62.5 cm³/mol. The molecule has 0 amide bonds. The van der Waals surface area contributed by atoms with Crippen LogP contribution in [0.15, 0.2) is 18.2 Å². The summed E-state index contributed by atoms with van der Waals surface area (Å²) in [7, 11) is 0. The molecule has 0 heterocycles. The summed E-state index contributed by atoms with van der Waals surface area (Å²) >= 11 is 0. The number of nitrogens with one attached hydrogen (secondary N) is 1. The van der Waals surface area contributed by atoms with Crippen LogP contribution in [0.2, 0.25) is 0 Å². The Morgan fingerprint density at radius 1 is 1.50 bits per heavy atom. The third kappa shape index (κ3) is 4.00. The average molecular weight is 220 g/mol. The summed E-state index contributed by atoms with van der Waals surface area (Å²) in [6.45, 7) is 4.72. The molecule has 0 spiro atoms. The molecule has 0 radical (unpaired) electrons. The number of aryl methyl sites for hydroxylation is 1. The lowest BCUT2D eigenvalue weighted by molar-refractivity contribution is 0.559. The van der Waals surface area contributed by atoms with Crippen molar-refractivity contribution in [3.63, 3.8) is 0 Å². The summed E-state index contributed by atoms with van der Waals surface area (Å²) in [5.74, 6) is -0.188. The third-order valence-electron chi connectivity index (χ3n) is 2.59. The van der Waals surface area contributed by atoms with E-state index < -0.39 is 0 Å². The molecule has 0 aliphatic heterocycles. The van der Waals surface area contributed by atoms with E-state index in [-0.39, 0.29) is 11.9 Å². The topological polar surface area (TPSA) is 35.8 Å². The highest BCUT2D eigenvalue weighted by Gasteiger charge is 2.02. The molecule has 1 N–H and O–H groups in total. The first-order chi connectivity index (χ1) is 7.63. The van der Waals surface area contributed by atoms with Crippen molar-refractivity contribution in [2.45, 2.75) is 32.7 Å². The van der Waals surface area contributed by atoms with E-state index in [0.717, 1.165) is 24.1 Å². The van der Waals surface area contributed by atoms with E-state index in [4.69, 9.17) is 5.26 Å². The third-order valence-corrected chi connectivity index (χ3v) is 2.59. The summed E-state index contributed by atoms with van der Waals surface area (Å²) in [5, 5.41) is 11.8. The summed E-state index contributed by atoms with van der Waals surface area (Å²) in [5.41, 5.74) is 2.13. The minimum Gasteiger partial charge on any atom is -0.313 e. The van der Waals surface area contributed by atoms with Gasteiger partial charge in [0.1, 0.15) is 5.82 Å². The Hall–Kier alpha value is -1.40. The molecule has 0 saturated carbocycles. The summed E-state index contributed by atoms with van der Waals surface area (Å²) < 4.78 is 12.8. The van der Waals surface area contributed by atoms with Crippen molar-refractivity contribution in [2.24, 2.45) is 0 Å². The Kier molecular flexibility index (Phi) is 4.94. The Labute approximate surface area is 96.1 Å². The Bertz CT molecular complexity index is 382. The first-order valence-corrected chi connectivity index (χ1v) is 5.49. The van der Waals surface area contributed by atoms with Crippen molar-refractivity contribution in [1.29, 1.82) is 5.26 Å². The molecule has 0 bridgehead atoms. The Morgan fingerprint density at radius 2 is 2.25 bits per heavy atom.